The van der Waals surface area contributed by atoms with E-state index in [9.17, 15) is 4.79 Å². The second-order valence-electron chi connectivity index (χ2n) is 10.4. The lowest BCUT2D eigenvalue weighted by Gasteiger charge is -2.26. The molecule has 3 heteroatoms. The molecule has 210 valence electrons. The molecule has 0 fully saturated rings. The third kappa shape index (κ3) is 6.87. The molecule has 0 N–H and O–H groups in total. The molecular formula is C39H38N2O. The van der Waals surface area contributed by atoms with Crippen LogP contribution in [0, 0.1) is 0 Å². The van der Waals surface area contributed by atoms with E-state index in [4.69, 9.17) is 0 Å². The van der Waals surface area contributed by atoms with Crippen LogP contribution >= 0.6 is 0 Å². The zero-order chi connectivity index (χ0) is 29.1. The Kier molecular flexibility index (Phi) is 9.64. The van der Waals surface area contributed by atoms with Gasteiger partial charge in [0, 0.05) is 48.7 Å². The molecule has 0 radical (unpaired) electrons. The number of anilines is 2. The van der Waals surface area contributed by atoms with E-state index in [1.165, 1.54) is 16.8 Å². The molecule has 0 amide bonds. The summed E-state index contributed by atoms with van der Waals surface area (Å²) in [5.41, 5.74) is 9.41. The van der Waals surface area contributed by atoms with E-state index in [0.717, 1.165) is 60.4 Å². The first-order valence-corrected chi connectivity index (χ1v) is 14.7. The van der Waals surface area contributed by atoms with Crippen LogP contribution in [0.4, 0.5) is 11.4 Å². The van der Waals surface area contributed by atoms with Gasteiger partial charge in [0.05, 0.1) is 0 Å². The van der Waals surface area contributed by atoms with Crippen molar-refractivity contribution in [1.82, 2.24) is 0 Å². The van der Waals surface area contributed by atoms with Crippen molar-refractivity contribution < 1.29 is 4.79 Å². The van der Waals surface area contributed by atoms with E-state index in [1.807, 2.05) is 30.3 Å². The summed E-state index contributed by atoms with van der Waals surface area (Å²) in [7, 11) is 0. The Bertz CT molecular complexity index is 1530. The Balaban J connectivity index is 1.55. The molecule has 0 unspecified atom stereocenters. The van der Waals surface area contributed by atoms with Gasteiger partial charge in [-0.3, -0.25) is 4.79 Å². The Hall–Kier alpha value is -4.89. The minimum atomic E-state index is 0.685. The van der Waals surface area contributed by atoms with Crippen LogP contribution in [0.5, 0.6) is 0 Å². The predicted octanol–water partition coefficient (Wildman–Crippen LogP) is 8.90. The van der Waals surface area contributed by atoms with Crippen molar-refractivity contribution in [2.45, 2.75) is 26.9 Å². The molecule has 5 aromatic rings. The van der Waals surface area contributed by atoms with Gasteiger partial charge in [-0.2, -0.15) is 0 Å². The maximum Gasteiger partial charge on any atom is 0.151 e. The Labute approximate surface area is 250 Å². The summed E-state index contributed by atoms with van der Waals surface area (Å²) in [4.78, 5) is 17.4. The standard InChI is InChI=1S/C39H38N2O/c1-3-40(4-2)36-24-20-34(21-25-36)39(38(30-42)33-18-12-7-13-19-33)35-22-26-37(27-23-35)41(28-31-14-8-5-9-15-31)29-32-16-10-6-11-17-32/h5-27,30H,3-4,28-29H2,1-2H3. The van der Waals surface area contributed by atoms with Crippen LogP contribution in [0.2, 0.25) is 0 Å². The Morgan fingerprint density at radius 1 is 0.500 bits per heavy atom. The fraction of sp³-hybridized carbons (Fsp3) is 0.154. The molecule has 42 heavy (non-hydrogen) atoms. The monoisotopic (exact) mass is 550 g/mol. The van der Waals surface area contributed by atoms with Gasteiger partial charge in [-0.15, -0.1) is 0 Å². The lowest BCUT2D eigenvalue weighted by Crippen LogP contribution is -2.22. The molecule has 0 bridgehead atoms. The van der Waals surface area contributed by atoms with E-state index in [2.05, 4.69) is 133 Å². The van der Waals surface area contributed by atoms with E-state index < -0.39 is 0 Å². The maximum absolute atomic E-state index is 12.7. The van der Waals surface area contributed by atoms with Crippen molar-refractivity contribution in [3.05, 3.63) is 167 Å². The zero-order valence-electron chi connectivity index (χ0n) is 24.5. The van der Waals surface area contributed by atoms with Gasteiger partial charge in [0.15, 0.2) is 6.29 Å². The predicted molar refractivity (Wildman–Crippen MR) is 178 cm³/mol. The number of hydrogen-bond donors (Lipinski definition) is 0. The number of allylic oxidation sites excluding steroid dienone is 1. The smallest absolute Gasteiger partial charge is 0.151 e. The lowest BCUT2D eigenvalue weighted by molar-refractivity contribution is -0.103. The van der Waals surface area contributed by atoms with Crippen molar-refractivity contribution in [3.8, 4) is 0 Å². The molecule has 0 spiro atoms. The van der Waals surface area contributed by atoms with E-state index in [-0.39, 0.29) is 0 Å². The molecular weight excluding hydrogens is 512 g/mol. The summed E-state index contributed by atoms with van der Waals surface area (Å²) in [6.45, 7) is 7.84. The number of rotatable bonds is 12. The first-order valence-electron chi connectivity index (χ1n) is 14.7. The number of benzene rings is 5. The first-order chi connectivity index (χ1) is 20.7. The highest BCUT2D eigenvalue weighted by atomic mass is 16.1. The minimum absolute atomic E-state index is 0.685. The van der Waals surface area contributed by atoms with Gasteiger partial charge in [-0.25, -0.2) is 0 Å². The van der Waals surface area contributed by atoms with Crippen molar-refractivity contribution >= 4 is 28.8 Å². The molecule has 0 atom stereocenters. The van der Waals surface area contributed by atoms with Crippen LogP contribution in [0.3, 0.4) is 0 Å². The number of nitrogens with zero attached hydrogens (tertiary/aromatic N) is 2. The average Bonchev–Trinajstić information content (AvgIpc) is 3.06. The molecule has 5 aromatic carbocycles. The lowest BCUT2D eigenvalue weighted by atomic mass is 9.90. The molecule has 0 aliphatic heterocycles. The van der Waals surface area contributed by atoms with Gasteiger partial charge in [0.25, 0.3) is 0 Å². The fourth-order valence-electron chi connectivity index (χ4n) is 5.48. The third-order valence-electron chi connectivity index (χ3n) is 7.71. The largest absolute Gasteiger partial charge is 0.372 e. The van der Waals surface area contributed by atoms with Gasteiger partial charge >= 0.3 is 0 Å². The number of aldehydes is 1. The van der Waals surface area contributed by atoms with Crippen molar-refractivity contribution in [1.29, 1.82) is 0 Å². The third-order valence-corrected chi connectivity index (χ3v) is 7.71. The average molecular weight is 551 g/mol. The number of carbonyl (C=O) groups excluding carboxylic acids is 1. The molecule has 0 heterocycles. The van der Waals surface area contributed by atoms with Gasteiger partial charge in [0.1, 0.15) is 0 Å². The highest BCUT2D eigenvalue weighted by Crippen LogP contribution is 2.34. The SMILES string of the molecule is CCN(CC)c1ccc(C(=C(C=O)c2ccccc2)c2ccc(N(Cc3ccccc3)Cc3ccccc3)cc2)cc1. The minimum Gasteiger partial charge on any atom is -0.372 e. The topological polar surface area (TPSA) is 23.6 Å². The molecule has 0 aliphatic carbocycles. The van der Waals surface area contributed by atoms with Crippen molar-refractivity contribution in [2.24, 2.45) is 0 Å². The molecule has 0 saturated carbocycles. The van der Waals surface area contributed by atoms with Crippen LogP contribution in [0.25, 0.3) is 11.1 Å². The fourth-order valence-corrected chi connectivity index (χ4v) is 5.48. The highest BCUT2D eigenvalue weighted by Gasteiger charge is 2.16. The number of carbonyl (C=O) groups is 1. The molecule has 0 aromatic heterocycles. The van der Waals surface area contributed by atoms with Crippen molar-refractivity contribution in [2.75, 3.05) is 22.9 Å². The molecule has 5 rings (SSSR count). The summed E-state index contributed by atoms with van der Waals surface area (Å²) in [6.07, 6.45) is 0.994. The maximum atomic E-state index is 12.7. The summed E-state index contributed by atoms with van der Waals surface area (Å²) in [5.74, 6) is 0. The van der Waals surface area contributed by atoms with Gasteiger partial charge in [0.2, 0.25) is 0 Å². The quantitative estimate of drug-likeness (QED) is 0.0880. The van der Waals surface area contributed by atoms with E-state index in [0.29, 0.717) is 5.57 Å². The van der Waals surface area contributed by atoms with Gasteiger partial charge < -0.3 is 9.80 Å². The molecule has 0 aliphatic rings. The van der Waals surface area contributed by atoms with Gasteiger partial charge in [-0.1, -0.05) is 115 Å². The number of hydrogen-bond acceptors (Lipinski definition) is 3. The molecule has 3 nitrogen and oxygen atoms in total. The normalized spacial score (nSPS) is 11.5. The van der Waals surface area contributed by atoms with E-state index in [1.54, 1.807) is 0 Å². The highest BCUT2D eigenvalue weighted by molar-refractivity contribution is 6.20. The summed E-state index contributed by atoms with van der Waals surface area (Å²) in [5, 5.41) is 0. The Morgan fingerprint density at radius 2 is 0.905 bits per heavy atom. The Morgan fingerprint density at radius 3 is 1.31 bits per heavy atom. The van der Waals surface area contributed by atoms with Crippen molar-refractivity contribution in [3.63, 3.8) is 0 Å². The molecule has 0 saturated heterocycles. The first kappa shape index (κ1) is 28.6. The second kappa shape index (κ2) is 14.1. The van der Waals surface area contributed by atoms with Gasteiger partial charge in [-0.05, 0) is 65.9 Å². The van der Waals surface area contributed by atoms with Crippen LogP contribution in [0.15, 0.2) is 140 Å². The summed E-state index contributed by atoms with van der Waals surface area (Å²) in [6, 6.07) is 48.4. The van der Waals surface area contributed by atoms with E-state index >= 15 is 0 Å². The van der Waals surface area contributed by atoms with Crippen LogP contribution < -0.4 is 9.80 Å². The van der Waals surface area contributed by atoms with Crippen LogP contribution in [0.1, 0.15) is 41.7 Å². The zero-order valence-corrected chi connectivity index (χ0v) is 24.5. The van der Waals surface area contributed by atoms with Crippen LogP contribution in [-0.2, 0) is 17.9 Å². The van der Waals surface area contributed by atoms with Crippen LogP contribution in [-0.4, -0.2) is 19.4 Å². The summed E-state index contributed by atoms with van der Waals surface area (Å²) < 4.78 is 0. The second-order valence-corrected chi connectivity index (χ2v) is 10.4. The summed E-state index contributed by atoms with van der Waals surface area (Å²) >= 11 is 0.